The Morgan fingerprint density at radius 3 is 2.34 bits per heavy atom. The molecule has 0 saturated heterocycles. The van der Waals surface area contributed by atoms with E-state index in [4.69, 9.17) is 4.74 Å². The Morgan fingerprint density at radius 2 is 1.69 bits per heavy atom. The van der Waals surface area contributed by atoms with E-state index in [1.807, 2.05) is 73.7 Å². The van der Waals surface area contributed by atoms with Gasteiger partial charge in [0.25, 0.3) is 5.91 Å². The summed E-state index contributed by atoms with van der Waals surface area (Å²) in [6.07, 6.45) is 2.99. The van der Waals surface area contributed by atoms with Crippen LogP contribution in [-0.4, -0.2) is 18.6 Å². The zero-order valence-electron chi connectivity index (χ0n) is 18.4. The molecule has 4 heteroatoms. The van der Waals surface area contributed by atoms with E-state index in [9.17, 15) is 10.1 Å². The van der Waals surface area contributed by atoms with Crippen molar-refractivity contribution >= 4 is 5.91 Å². The molecule has 1 aliphatic rings. The van der Waals surface area contributed by atoms with Gasteiger partial charge in [-0.15, -0.1) is 0 Å². The van der Waals surface area contributed by atoms with Crippen LogP contribution in [0.1, 0.15) is 48.5 Å². The lowest BCUT2D eigenvalue weighted by molar-refractivity contribution is 0.0922. The van der Waals surface area contributed by atoms with Crippen molar-refractivity contribution in [3.63, 3.8) is 0 Å². The molecular weight excluding hydrogens is 396 g/mol. The molecule has 4 rings (SSSR count). The molecule has 0 aromatic heterocycles. The zero-order valence-corrected chi connectivity index (χ0v) is 18.4. The van der Waals surface area contributed by atoms with E-state index in [2.05, 4.69) is 23.5 Å². The summed E-state index contributed by atoms with van der Waals surface area (Å²) in [5.74, 6) is 0.742. The fourth-order valence-electron chi connectivity index (χ4n) is 4.48. The van der Waals surface area contributed by atoms with Gasteiger partial charge in [0.1, 0.15) is 5.75 Å². The minimum Gasteiger partial charge on any atom is -0.494 e. The highest BCUT2D eigenvalue weighted by Gasteiger charge is 2.37. The maximum absolute atomic E-state index is 12.8. The Morgan fingerprint density at radius 1 is 1.00 bits per heavy atom. The lowest BCUT2D eigenvalue weighted by Crippen LogP contribution is -2.41. The Hall–Kier alpha value is -3.58. The lowest BCUT2D eigenvalue weighted by atomic mass is 9.69. The highest BCUT2D eigenvalue weighted by atomic mass is 16.5. The summed E-state index contributed by atoms with van der Waals surface area (Å²) < 4.78 is 5.62. The van der Waals surface area contributed by atoms with E-state index in [-0.39, 0.29) is 11.9 Å². The van der Waals surface area contributed by atoms with Crippen LogP contribution in [0.3, 0.4) is 0 Å². The predicted molar refractivity (Wildman–Crippen MR) is 127 cm³/mol. The van der Waals surface area contributed by atoms with Crippen molar-refractivity contribution in [3.8, 4) is 22.9 Å². The molecule has 1 aliphatic carbocycles. The summed E-state index contributed by atoms with van der Waals surface area (Å²) in [7, 11) is 0. The maximum atomic E-state index is 12.8. The van der Waals surface area contributed by atoms with Crippen molar-refractivity contribution in [2.24, 2.45) is 0 Å². The topological polar surface area (TPSA) is 62.1 Å². The van der Waals surface area contributed by atoms with Crippen LogP contribution in [0.5, 0.6) is 5.75 Å². The third-order valence-electron chi connectivity index (χ3n) is 6.34. The number of hydrogen-bond acceptors (Lipinski definition) is 3. The molecule has 162 valence electrons. The second kappa shape index (κ2) is 9.70. The first-order valence-corrected chi connectivity index (χ1v) is 11.2. The summed E-state index contributed by atoms with van der Waals surface area (Å²) in [5, 5.41) is 13.2. The highest BCUT2D eigenvalue weighted by molar-refractivity contribution is 5.94. The quantitative estimate of drug-likeness (QED) is 0.537. The van der Waals surface area contributed by atoms with Crippen LogP contribution >= 0.6 is 0 Å². The zero-order chi connectivity index (χ0) is 22.4. The molecule has 0 unspecified atom stereocenters. The maximum Gasteiger partial charge on any atom is 0.251 e. The largest absolute Gasteiger partial charge is 0.494 e. The molecule has 3 aromatic rings. The fourth-order valence-corrected chi connectivity index (χ4v) is 4.48. The Kier molecular flexibility index (Phi) is 6.56. The summed E-state index contributed by atoms with van der Waals surface area (Å²) in [6.45, 7) is 2.55. The molecule has 1 N–H and O–H groups in total. The first-order chi connectivity index (χ1) is 15.6. The van der Waals surface area contributed by atoms with Crippen LogP contribution in [-0.2, 0) is 5.41 Å². The number of carbonyl (C=O) groups excluding carboxylic acids is 1. The van der Waals surface area contributed by atoms with Gasteiger partial charge in [0.15, 0.2) is 0 Å². The monoisotopic (exact) mass is 424 g/mol. The van der Waals surface area contributed by atoms with Gasteiger partial charge in [-0.05, 0) is 73.6 Å². The molecule has 1 amide bonds. The van der Waals surface area contributed by atoms with E-state index < -0.39 is 5.41 Å². The molecule has 0 heterocycles. The number of amides is 1. The second-order valence-corrected chi connectivity index (χ2v) is 8.35. The number of hydrogen-bond donors (Lipinski definition) is 1. The second-order valence-electron chi connectivity index (χ2n) is 8.35. The van der Waals surface area contributed by atoms with Gasteiger partial charge >= 0.3 is 0 Å². The summed E-state index contributed by atoms with van der Waals surface area (Å²) in [6, 6.07) is 28.4. The van der Waals surface area contributed by atoms with Gasteiger partial charge in [-0.1, -0.05) is 54.6 Å². The van der Waals surface area contributed by atoms with Crippen molar-refractivity contribution in [1.82, 2.24) is 5.32 Å². The standard InChI is InChI=1S/C28H28N2O2/c1-2-32-26-10-6-9-24(19-26)28(20-29)17-15-25(16-18-28)30-27(31)23-13-11-22(12-14-23)21-7-4-3-5-8-21/h3-14,19,25H,2,15-18H2,1H3,(H,30,31)/t25-,28+. The number of benzene rings is 3. The normalized spacial score (nSPS) is 20.2. The first kappa shape index (κ1) is 21.6. The third kappa shape index (κ3) is 4.68. The minimum absolute atomic E-state index is 0.0580. The predicted octanol–water partition coefficient (Wildman–Crippen LogP) is 5.89. The molecule has 0 radical (unpaired) electrons. The van der Waals surface area contributed by atoms with E-state index in [1.165, 1.54) is 0 Å². The number of nitrogens with zero attached hydrogens (tertiary/aromatic N) is 1. The molecule has 1 fully saturated rings. The SMILES string of the molecule is CCOc1cccc([C@]2(C#N)CC[C@H](NC(=O)c3ccc(-c4ccccc4)cc3)CC2)c1. The van der Waals surface area contributed by atoms with Crippen LogP contribution in [0.2, 0.25) is 0 Å². The Balaban J connectivity index is 1.38. The van der Waals surface area contributed by atoms with Crippen LogP contribution in [0.15, 0.2) is 78.9 Å². The first-order valence-electron chi connectivity index (χ1n) is 11.2. The van der Waals surface area contributed by atoms with E-state index >= 15 is 0 Å². The Bertz CT molecular complexity index is 1090. The van der Waals surface area contributed by atoms with Crippen LogP contribution in [0, 0.1) is 11.3 Å². The summed E-state index contributed by atoms with van der Waals surface area (Å²) in [4.78, 5) is 12.8. The van der Waals surface area contributed by atoms with Gasteiger partial charge in [-0.2, -0.15) is 5.26 Å². The van der Waals surface area contributed by atoms with Crippen molar-refractivity contribution in [2.75, 3.05) is 6.61 Å². The summed E-state index contributed by atoms with van der Waals surface area (Å²) in [5.41, 5.74) is 3.37. The molecule has 32 heavy (non-hydrogen) atoms. The van der Waals surface area contributed by atoms with Gasteiger partial charge < -0.3 is 10.1 Å². The lowest BCUT2D eigenvalue weighted by Gasteiger charge is -2.35. The number of nitrogens with one attached hydrogen (secondary N) is 1. The van der Waals surface area contributed by atoms with Crippen molar-refractivity contribution in [2.45, 2.75) is 44.1 Å². The van der Waals surface area contributed by atoms with E-state index in [0.717, 1.165) is 48.1 Å². The fraction of sp³-hybridized carbons (Fsp3) is 0.286. The van der Waals surface area contributed by atoms with Crippen LogP contribution in [0.25, 0.3) is 11.1 Å². The molecule has 0 spiro atoms. The summed E-state index contributed by atoms with van der Waals surface area (Å²) >= 11 is 0. The average Bonchev–Trinajstić information content (AvgIpc) is 2.86. The molecule has 0 bridgehead atoms. The molecule has 0 aliphatic heterocycles. The molecule has 1 saturated carbocycles. The number of nitriles is 1. The van der Waals surface area contributed by atoms with Gasteiger partial charge in [0.2, 0.25) is 0 Å². The molecule has 3 aromatic carbocycles. The van der Waals surface area contributed by atoms with Crippen LogP contribution in [0.4, 0.5) is 0 Å². The van der Waals surface area contributed by atoms with Gasteiger partial charge in [-0.3, -0.25) is 4.79 Å². The molecule has 4 nitrogen and oxygen atoms in total. The third-order valence-corrected chi connectivity index (χ3v) is 6.34. The van der Waals surface area contributed by atoms with Crippen LogP contribution < -0.4 is 10.1 Å². The number of ether oxygens (including phenoxy) is 1. The van der Waals surface area contributed by atoms with Crippen molar-refractivity contribution in [1.29, 1.82) is 5.26 Å². The highest BCUT2D eigenvalue weighted by Crippen LogP contribution is 2.40. The minimum atomic E-state index is -0.522. The van der Waals surface area contributed by atoms with Gasteiger partial charge in [0, 0.05) is 11.6 Å². The van der Waals surface area contributed by atoms with Gasteiger partial charge in [-0.25, -0.2) is 0 Å². The number of rotatable bonds is 6. The average molecular weight is 425 g/mol. The van der Waals surface area contributed by atoms with Crippen molar-refractivity contribution < 1.29 is 9.53 Å². The smallest absolute Gasteiger partial charge is 0.251 e. The molecule has 0 atom stereocenters. The van der Waals surface area contributed by atoms with E-state index in [0.29, 0.717) is 12.2 Å². The molecular formula is C28H28N2O2. The van der Waals surface area contributed by atoms with Gasteiger partial charge in [0.05, 0.1) is 18.1 Å². The number of carbonyl (C=O) groups is 1. The van der Waals surface area contributed by atoms with E-state index in [1.54, 1.807) is 0 Å². The van der Waals surface area contributed by atoms with Crippen molar-refractivity contribution in [3.05, 3.63) is 90.0 Å². The Labute approximate surface area is 189 Å².